The Morgan fingerprint density at radius 3 is 2.35 bits per heavy atom. The van der Waals surface area contributed by atoms with E-state index in [2.05, 4.69) is 4.72 Å². The highest BCUT2D eigenvalue weighted by Gasteiger charge is 2.39. The molecule has 20 heavy (non-hydrogen) atoms. The van der Waals surface area contributed by atoms with Crippen LogP contribution >= 0.6 is 0 Å². The van der Waals surface area contributed by atoms with Crippen LogP contribution in [0.15, 0.2) is 29.2 Å². The fourth-order valence-electron chi connectivity index (χ4n) is 2.00. The van der Waals surface area contributed by atoms with Gasteiger partial charge in [0.15, 0.2) is 0 Å². The number of aliphatic hydroxyl groups is 1. The molecule has 2 rings (SSSR count). The zero-order chi connectivity index (χ0) is 15.0. The number of sulfonamides is 1. The summed E-state index contributed by atoms with van der Waals surface area (Å²) in [5.74, 6) is 0. The zero-order valence-electron chi connectivity index (χ0n) is 10.4. The maximum atomic E-state index is 12.8. The van der Waals surface area contributed by atoms with E-state index >= 15 is 0 Å². The summed E-state index contributed by atoms with van der Waals surface area (Å²) in [4.78, 5) is -0.824. The van der Waals surface area contributed by atoms with Crippen molar-refractivity contribution in [2.75, 3.05) is 6.54 Å². The first-order chi connectivity index (χ1) is 9.14. The van der Waals surface area contributed by atoms with Crippen molar-refractivity contribution >= 4 is 10.0 Å². The minimum absolute atomic E-state index is 0.276. The van der Waals surface area contributed by atoms with E-state index in [9.17, 15) is 26.7 Å². The minimum atomic E-state index is -4.75. The molecular formula is C12H14F3NO3S. The largest absolute Gasteiger partial charge is 0.417 e. The van der Waals surface area contributed by atoms with E-state index in [-0.39, 0.29) is 6.54 Å². The quantitative estimate of drug-likeness (QED) is 0.893. The lowest BCUT2D eigenvalue weighted by molar-refractivity contribution is -0.139. The van der Waals surface area contributed by atoms with Crippen molar-refractivity contribution in [1.82, 2.24) is 4.72 Å². The Morgan fingerprint density at radius 1 is 1.25 bits per heavy atom. The molecule has 0 spiro atoms. The Hall–Kier alpha value is -1.12. The van der Waals surface area contributed by atoms with E-state index in [1.165, 1.54) is 6.07 Å². The number of halogens is 3. The van der Waals surface area contributed by atoms with Gasteiger partial charge in [-0.15, -0.1) is 0 Å². The third-order valence-electron chi connectivity index (χ3n) is 3.36. The first-order valence-electron chi connectivity index (χ1n) is 6.02. The maximum absolute atomic E-state index is 12.8. The molecule has 0 aliphatic heterocycles. The predicted octanol–water partition coefficient (Wildman–Crippen LogP) is 1.90. The predicted molar refractivity (Wildman–Crippen MR) is 65.4 cm³/mol. The zero-order valence-corrected chi connectivity index (χ0v) is 11.3. The molecule has 0 aromatic heterocycles. The van der Waals surface area contributed by atoms with Crippen molar-refractivity contribution in [2.45, 2.75) is 35.9 Å². The fourth-order valence-corrected chi connectivity index (χ4v) is 3.35. The van der Waals surface area contributed by atoms with Crippen LogP contribution in [0.2, 0.25) is 0 Å². The summed E-state index contributed by atoms with van der Waals surface area (Å²) in [6.45, 7) is -0.276. The van der Waals surface area contributed by atoms with Crippen LogP contribution < -0.4 is 4.72 Å². The molecule has 0 saturated heterocycles. The van der Waals surface area contributed by atoms with Crippen molar-refractivity contribution in [3.63, 3.8) is 0 Å². The fraction of sp³-hybridized carbons (Fsp3) is 0.500. The van der Waals surface area contributed by atoms with E-state index in [4.69, 9.17) is 0 Å². The standard InChI is InChI=1S/C12H14F3NO3S/c13-12(14,15)9-4-1-2-5-10(9)20(18,19)16-8-11(17)6-3-7-11/h1-2,4-5,16-17H,3,6-8H2. The van der Waals surface area contributed by atoms with Gasteiger partial charge >= 0.3 is 6.18 Å². The smallest absolute Gasteiger partial charge is 0.389 e. The molecule has 1 aromatic carbocycles. The molecule has 1 fully saturated rings. The molecule has 0 bridgehead atoms. The molecule has 1 aliphatic carbocycles. The van der Waals surface area contributed by atoms with Gasteiger partial charge in [0.1, 0.15) is 0 Å². The Labute approximate surface area is 114 Å². The van der Waals surface area contributed by atoms with Crippen LogP contribution in [0.1, 0.15) is 24.8 Å². The average Bonchev–Trinajstić information content (AvgIpc) is 2.33. The topological polar surface area (TPSA) is 66.4 Å². The molecule has 0 atom stereocenters. The first kappa shape index (κ1) is 15.3. The van der Waals surface area contributed by atoms with Gasteiger partial charge in [-0.2, -0.15) is 13.2 Å². The number of hydrogen-bond donors (Lipinski definition) is 2. The van der Waals surface area contributed by atoms with Gasteiger partial charge in [0.2, 0.25) is 10.0 Å². The molecule has 112 valence electrons. The third-order valence-corrected chi connectivity index (χ3v) is 4.82. The highest BCUT2D eigenvalue weighted by Crippen LogP contribution is 2.35. The van der Waals surface area contributed by atoms with Gasteiger partial charge in [-0.1, -0.05) is 12.1 Å². The third kappa shape index (κ3) is 3.13. The summed E-state index contributed by atoms with van der Waals surface area (Å²) in [5.41, 5.74) is -2.35. The monoisotopic (exact) mass is 309 g/mol. The van der Waals surface area contributed by atoms with Crippen LogP contribution in [-0.2, 0) is 16.2 Å². The number of hydrogen-bond acceptors (Lipinski definition) is 3. The van der Waals surface area contributed by atoms with Crippen LogP contribution in [-0.4, -0.2) is 25.7 Å². The number of nitrogens with one attached hydrogen (secondary N) is 1. The van der Waals surface area contributed by atoms with Crippen molar-refractivity contribution in [1.29, 1.82) is 0 Å². The lowest BCUT2D eigenvalue weighted by Crippen LogP contribution is -2.47. The number of benzene rings is 1. The molecule has 8 heteroatoms. The molecule has 4 nitrogen and oxygen atoms in total. The first-order valence-corrected chi connectivity index (χ1v) is 7.51. The Morgan fingerprint density at radius 2 is 1.85 bits per heavy atom. The van der Waals surface area contributed by atoms with Crippen molar-refractivity contribution < 1.29 is 26.7 Å². The van der Waals surface area contributed by atoms with Crippen LogP contribution in [0.4, 0.5) is 13.2 Å². The second-order valence-electron chi connectivity index (χ2n) is 4.90. The van der Waals surface area contributed by atoms with Gasteiger partial charge in [-0.25, -0.2) is 13.1 Å². The maximum Gasteiger partial charge on any atom is 0.417 e. The van der Waals surface area contributed by atoms with Gasteiger partial charge in [0.05, 0.1) is 16.1 Å². The lowest BCUT2D eigenvalue weighted by Gasteiger charge is -2.36. The Kier molecular flexibility index (Phi) is 3.83. The highest BCUT2D eigenvalue weighted by molar-refractivity contribution is 7.89. The van der Waals surface area contributed by atoms with Crippen LogP contribution in [0.25, 0.3) is 0 Å². The van der Waals surface area contributed by atoms with E-state index in [1.54, 1.807) is 0 Å². The van der Waals surface area contributed by atoms with Crippen LogP contribution in [0.5, 0.6) is 0 Å². The Bertz CT molecular complexity index is 594. The average molecular weight is 309 g/mol. The molecule has 0 unspecified atom stereocenters. The molecule has 2 N–H and O–H groups in total. The van der Waals surface area contributed by atoms with Crippen molar-refractivity contribution in [3.05, 3.63) is 29.8 Å². The van der Waals surface area contributed by atoms with Crippen LogP contribution in [0, 0.1) is 0 Å². The molecule has 0 amide bonds. The van der Waals surface area contributed by atoms with Gasteiger partial charge < -0.3 is 5.11 Å². The summed E-state index contributed by atoms with van der Waals surface area (Å²) in [7, 11) is -4.31. The van der Waals surface area contributed by atoms with Gasteiger partial charge in [0.25, 0.3) is 0 Å². The van der Waals surface area contributed by atoms with Gasteiger partial charge in [0, 0.05) is 6.54 Å². The molecular weight excluding hydrogens is 295 g/mol. The van der Waals surface area contributed by atoms with E-state index < -0.39 is 32.3 Å². The van der Waals surface area contributed by atoms with E-state index in [1.807, 2.05) is 0 Å². The summed E-state index contributed by atoms with van der Waals surface area (Å²) < 4.78 is 64.3. The molecule has 1 saturated carbocycles. The van der Waals surface area contributed by atoms with Crippen molar-refractivity contribution in [3.8, 4) is 0 Å². The normalized spacial score (nSPS) is 18.6. The molecule has 1 aromatic rings. The Balaban J connectivity index is 2.25. The molecule has 0 radical (unpaired) electrons. The second kappa shape index (κ2) is 5.01. The summed E-state index contributed by atoms with van der Waals surface area (Å²) in [5, 5.41) is 9.80. The van der Waals surface area contributed by atoms with Gasteiger partial charge in [-0.05, 0) is 31.4 Å². The van der Waals surface area contributed by atoms with Crippen LogP contribution in [0.3, 0.4) is 0 Å². The number of alkyl halides is 3. The van der Waals surface area contributed by atoms with Gasteiger partial charge in [-0.3, -0.25) is 0 Å². The number of rotatable bonds is 4. The van der Waals surface area contributed by atoms with E-state index in [0.717, 1.165) is 18.6 Å². The second-order valence-corrected chi connectivity index (χ2v) is 6.63. The highest BCUT2D eigenvalue weighted by atomic mass is 32.2. The molecule has 1 aliphatic rings. The van der Waals surface area contributed by atoms with E-state index in [0.29, 0.717) is 18.9 Å². The lowest BCUT2D eigenvalue weighted by atomic mass is 9.81. The van der Waals surface area contributed by atoms with Crippen molar-refractivity contribution in [2.24, 2.45) is 0 Å². The SMILES string of the molecule is O=S(=O)(NCC1(O)CCC1)c1ccccc1C(F)(F)F. The summed E-state index contributed by atoms with van der Waals surface area (Å²) >= 11 is 0. The summed E-state index contributed by atoms with van der Waals surface area (Å²) in [6.07, 6.45) is -3.09. The minimum Gasteiger partial charge on any atom is -0.389 e. The summed E-state index contributed by atoms with van der Waals surface area (Å²) in [6, 6.07) is 3.96. The molecule has 0 heterocycles.